The Bertz CT molecular complexity index is 626. The highest BCUT2D eigenvalue weighted by molar-refractivity contribution is 7.17. The third-order valence-electron chi connectivity index (χ3n) is 3.61. The van der Waals surface area contributed by atoms with E-state index in [1.165, 1.54) is 13.2 Å². The maximum atomic E-state index is 13.9. The Morgan fingerprint density at radius 3 is 2.54 bits per heavy atom. The zero-order valence-electron chi connectivity index (χ0n) is 14.6. The van der Waals surface area contributed by atoms with Crippen molar-refractivity contribution in [1.29, 1.82) is 0 Å². The number of carbonyl (C=O) groups excluding carboxylic acids is 2. The second-order valence-electron chi connectivity index (χ2n) is 6.72. The lowest BCUT2D eigenvalue weighted by atomic mass is 10.2. The average Bonchev–Trinajstić information content (AvgIpc) is 2.86. The molecule has 2 heterocycles. The van der Waals surface area contributed by atoms with E-state index in [-0.39, 0.29) is 17.0 Å². The van der Waals surface area contributed by atoms with Crippen molar-refractivity contribution in [3.8, 4) is 0 Å². The maximum Gasteiger partial charge on any atom is 0.410 e. The highest BCUT2D eigenvalue weighted by Crippen LogP contribution is 2.31. The molecule has 0 bridgehead atoms. The van der Waals surface area contributed by atoms with Crippen LogP contribution < -0.4 is 4.90 Å². The van der Waals surface area contributed by atoms with Gasteiger partial charge in [-0.25, -0.2) is 14.0 Å². The molecule has 134 valence electrons. The highest BCUT2D eigenvalue weighted by Gasteiger charge is 2.32. The van der Waals surface area contributed by atoms with Crippen LogP contribution in [0.4, 0.5) is 14.2 Å². The molecule has 1 aliphatic heterocycles. The first kappa shape index (κ1) is 18.5. The molecule has 1 atom stereocenters. The third-order valence-corrected chi connectivity index (χ3v) is 4.76. The Kier molecular flexibility index (Phi) is 5.37. The average molecular weight is 358 g/mol. The van der Waals surface area contributed by atoms with Gasteiger partial charge in [0.25, 0.3) is 0 Å². The fourth-order valence-corrected chi connectivity index (χ4v) is 3.48. The van der Waals surface area contributed by atoms with Crippen molar-refractivity contribution >= 4 is 28.4 Å². The summed E-state index contributed by atoms with van der Waals surface area (Å²) in [7, 11) is 1.23. The van der Waals surface area contributed by atoms with E-state index in [0.717, 1.165) is 11.3 Å². The van der Waals surface area contributed by atoms with E-state index in [2.05, 4.69) is 4.74 Å². The summed E-state index contributed by atoms with van der Waals surface area (Å²) in [6, 6.07) is 1.26. The minimum absolute atomic E-state index is 0.0327. The van der Waals surface area contributed by atoms with Crippen LogP contribution in [0.25, 0.3) is 0 Å². The molecule has 0 N–H and O–H groups in total. The summed E-state index contributed by atoms with van der Waals surface area (Å²) in [5.74, 6) is -1.26. The van der Waals surface area contributed by atoms with Crippen molar-refractivity contribution in [2.45, 2.75) is 39.3 Å². The van der Waals surface area contributed by atoms with E-state index in [0.29, 0.717) is 24.6 Å². The molecule has 1 unspecified atom stereocenters. The maximum absolute atomic E-state index is 13.9. The van der Waals surface area contributed by atoms with Gasteiger partial charge in [-0.2, -0.15) is 0 Å². The number of esters is 1. The molecule has 1 aromatic heterocycles. The minimum atomic E-state index is -0.677. The van der Waals surface area contributed by atoms with Crippen molar-refractivity contribution < 1.29 is 23.5 Å². The molecule has 8 heteroatoms. The number of anilines is 1. The second kappa shape index (κ2) is 6.96. The fraction of sp³-hybridized carbons (Fsp3) is 0.625. The number of methoxy groups -OCH3 is 1. The molecule has 1 aliphatic rings. The lowest BCUT2D eigenvalue weighted by Crippen LogP contribution is -2.55. The van der Waals surface area contributed by atoms with Crippen LogP contribution in [0.3, 0.4) is 0 Å². The zero-order chi connectivity index (χ0) is 18.1. The summed E-state index contributed by atoms with van der Waals surface area (Å²) < 4.78 is 23.9. The molecule has 1 fully saturated rings. The van der Waals surface area contributed by atoms with Gasteiger partial charge in [-0.15, -0.1) is 11.3 Å². The van der Waals surface area contributed by atoms with Crippen LogP contribution in [0.5, 0.6) is 0 Å². The smallest absolute Gasteiger partial charge is 0.410 e. The Labute approximate surface area is 145 Å². The van der Waals surface area contributed by atoms with Crippen LogP contribution in [0.1, 0.15) is 37.4 Å². The van der Waals surface area contributed by atoms with E-state index in [1.807, 2.05) is 32.6 Å². The Morgan fingerprint density at radius 1 is 1.33 bits per heavy atom. The predicted molar refractivity (Wildman–Crippen MR) is 90.2 cm³/mol. The van der Waals surface area contributed by atoms with E-state index in [9.17, 15) is 14.0 Å². The lowest BCUT2D eigenvalue weighted by Gasteiger charge is -2.40. The predicted octanol–water partition coefficient (Wildman–Crippen LogP) is 3.12. The number of hydrogen-bond donors (Lipinski definition) is 0. The number of thiophene rings is 1. The molecule has 1 amide bonds. The van der Waals surface area contributed by atoms with E-state index in [1.54, 1.807) is 4.90 Å². The molecule has 1 saturated heterocycles. The molecular formula is C16H23FN2O4S. The van der Waals surface area contributed by atoms with Crippen LogP contribution in [0, 0.1) is 5.82 Å². The van der Waals surface area contributed by atoms with Gasteiger partial charge in [-0.1, -0.05) is 0 Å². The van der Waals surface area contributed by atoms with Gasteiger partial charge in [-0.3, -0.25) is 0 Å². The van der Waals surface area contributed by atoms with Gasteiger partial charge in [0.1, 0.15) is 10.5 Å². The Balaban J connectivity index is 2.05. The largest absolute Gasteiger partial charge is 0.465 e. The number of carbonyl (C=O) groups is 2. The number of hydrogen-bond acceptors (Lipinski definition) is 6. The summed E-state index contributed by atoms with van der Waals surface area (Å²) in [5.41, 5.74) is -0.541. The second-order valence-corrected chi connectivity index (χ2v) is 7.75. The number of amides is 1. The van der Waals surface area contributed by atoms with Gasteiger partial charge in [0.2, 0.25) is 0 Å². The molecule has 0 spiro atoms. The molecule has 1 aromatic rings. The van der Waals surface area contributed by atoms with E-state index >= 15 is 0 Å². The van der Waals surface area contributed by atoms with E-state index in [4.69, 9.17) is 4.74 Å². The van der Waals surface area contributed by atoms with Crippen molar-refractivity contribution in [2.75, 3.05) is 31.6 Å². The Hall–Kier alpha value is -1.83. The molecule has 0 aromatic carbocycles. The molecule has 2 rings (SSSR count). The van der Waals surface area contributed by atoms with Crippen LogP contribution in [0.15, 0.2) is 6.07 Å². The quantitative estimate of drug-likeness (QED) is 0.760. The van der Waals surface area contributed by atoms with Crippen LogP contribution >= 0.6 is 11.3 Å². The molecule has 0 radical (unpaired) electrons. The van der Waals surface area contributed by atoms with Crippen LogP contribution in [0.2, 0.25) is 0 Å². The van der Waals surface area contributed by atoms with E-state index < -0.39 is 17.4 Å². The van der Waals surface area contributed by atoms with Gasteiger partial charge >= 0.3 is 12.1 Å². The highest BCUT2D eigenvalue weighted by atomic mass is 32.1. The molecule has 0 aliphatic carbocycles. The van der Waals surface area contributed by atoms with Gasteiger partial charge in [-0.05, 0) is 27.7 Å². The zero-order valence-corrected chi connectivity index (χ0v) is 15.4. The number of rotatable bonds is 2. The normalized spacial score (nSPS) is 18.5. The summed E-state index contributed by atoms with van der Waals surface area (Å²) >= 11 is 1.06. The number of halogens is 1. The number of piperazine rings is 1. The van der Waals surface area contributed by atoms with Crippen LogP contribution in [-0.4, -0.2) is 55.3 Å². The van der Waals surface area contributed by atoms with Gasteiger partial charge < -0.3 is 19.3 Å². The van der Waals surface area contributed by atoms with Crippen molar-refractivity contribution in [3.05, 3.63) is 16.8 Å². The fourth-order valence-electron chi connectivity index (χ4n) is 2.49. The molecular weight excluding hydrogens is 335 g/mol. The van der Waals surface area contributed by atoms with Crippen LogP contribution in [-0.2, 0) is 9.47 Å². The van der Waals surface area contributed by atoms with Gasteiger partial charge in [0.05, 0.1) is 12.1 Å². The third kappa shape index (κ3) is 4.17. The number of nitrogens with zero attached hydrogens (tertiary/aromatic N) is 2. The summed E-state index contributed by atoms with van der Waals surface area (Å²) in [5, 5.41) is 0.656. The minimum Gasteiger partial charge on any atom is -0.465 e. The molecule has 0 saturated carbocycles. The van der Waals surface area contributed by atoms with Gasteiger partial charge in [0, 0.05) is 31.7 Å². The van der Waals surface area contributed by atoms with Crippen molar-refractivity contribution in [1.82, 2.24) is 4.90 Å². The molecule has 6 nitrogen and oxygen atoms in total. The summed E-state index contributed by atoms with van der Waals surface area (Å²) in [6.07, 6.45) is -0.345. The first-order valence-corrected chi connectivity index (χ1v) is 8.56. The van der Waals surface area contributed by atoms with Crippen molar-refractivity contribution in [2.24, 2.45) is 0 Å². The topological polar surface area (TPSA) is 59.1 Å². The Morgan fingerprint density at radius 2 is 2.00 bits per heavy atom. The number of ether oxygens (including phenoxy) is 2. The first-order valence-electron chi connectivity index (χ1n) is 7.74. The van der Waals surface area contributed by atoms with Crippen molar-refractivity contribution in [3.63, 3.8) is 0 Å². The van der Waals surface area contributed by atoms with Gasteiger partial charge in [0.15, 0.2) is 5.82 Å². The first-order chi connectivity index (χ1) is 11.1. The SMILES string of the molecule is COC(=O)c1sc(N2CCN(C(=O)OC(C)(C)C)C(C)C2)cc1F. The monoisotopic (exact) mass is 358 g/mol. The summed E-state index contributed by atoms with van der Waals surface area (Å²) in [4.78, 5) is 27.4. The molecule has 24 heavy (non-hydrogen) atoms. The lowest BCUT2D eigenvalue weighted by molar-refractivity contribution is 0.0159. The standard InChI is InChI=1S/C16H23FN2O4S/c1-10-9-18(6-7-19(10)15(21)23-16(2,3)4)12-8-11(17)13(24-12)14(20)22-5/h8,10H,6-7,9H2,1-5H3. The summed E-state index contributed by atoms with van der Waals surface area (Å²) in [6.45, 7) is 8.96.